The van der Waals surface area contributed by atoms with Crippen LogP contribution < -0.4 is 5.56 Å². The summed E-state index contributed by atoms with van der Waals surface area (Å²) < 4.78 is 0. The van der Waals surface area contributed by atoms with Gasteiger partial charge in [0.05, 0.1) is 5.52 Å². The molecule has 0 aliphatic carbocycles. The van der Waals surface area contributed by atoms with Crippen molar-refractivity contribution in [2.45, 2.75) is 0 Å². The topological polar surface area (TPSA) is 53.1 Å². The Kier molecular flexibility index (Phi) is 1.74. The van der Waals surface area contributed by atoms with Crippen molar-refractivity contribution in [2.24, 2.45) is 0 Å². The normalized spacial score (nSPS) is 11.0. The zero-order chi connectivity index (χ0) is 11.1. The molecule has 0 aliphatic heterocycles. The van der Waals surface area contributed by atoms with Gasteiger partial charge in [-0.15, -0.1) is 0 Å². The molecular formula is C13H9NO2. The highest BCUT2D eigenvalue weighted by Crippen LogP contribution is 2.23. The quantitative estimate of drug-likeness (QED) is 0.561. The highest BCUT2D eigenvalue weighted by molar-refractivity contribution is 6.05. The van der Waals surface area contributed by atoms with Crippen molar-refractivity contribution < 1.29 is 5.11 Å². The van der Waals surface area contributed by atoms with Crippen molar-refractivity contribution in [1.29, 1.82) is 0 Å². The van der Waals surface area contributed by atoms with E-state index in [0.717, 1.165) is 10.8 Å². The monoisotopic (exact) mass is 211 g/mol. The smallest absolute Gasteiger partial charge is 0.256 e. The molecule has 0 radical (unpaired) electrons. The van der Waals surface area contributed by atoms with E-state index in [9.17, 15) is 9.90 Å². The van der Waals surface area contributed by atoms with E-state index in [-0.39, 0.29) is 11.3 Å². The Hall–Kier alpha value is -2.29. The Balaban J connectivity index is 2.64. The zero-order valence-corrected chi connectivity index (χ0v) is 8.40. The minimum atomic E-state index is -0.131. The summed E-state index contributed by atoms with van der Waals surface area (Å²) in [6.07, 6.45) is 0. The van der Waals surface area contributed by atoms with Crippen molar-refractivity contribution in [3.63, 3.8) is 0 Å². The molecule has 0 saturated heterocycles. The molecule has 3 heteroatoms. The second-order valence-electron chi connectivity index (χ2n) is 3.73. The van der Waals surface area contributed by atoms with Crippen molar-refractivity contribution in [1.82, 2.24) is 4.98 Å². The first kappa shape index (κ1) is 8.97. The molecule has 0 fully saturated rings. The van der Waals surface area contributed by atoms with Crippen LogP contribution in [0, 0.1) is 0 Å². The van der Waals surface area contributed by atoms with Crippen molar-refractivity contribution >= 4 is 21.7 Å². The molecule has 3 rings (SSSR count). The van der Waals surface area contributed by atoms with Crippen LogP contribution in [0.5, 0.6) is 5.75 Å². The lowest BCUT2D eigenvalue weighted by molar-refractivity contribution is 0.476. The molecular weight excluding hydrogens is 202 g/mol. The molecule has 2 N–H and O–H groups in total. The van der Waals surface area contributed by atoms with Gasteiger partial charge in [0.25, 0.3) is 5.56 Å². The standard InChI is InChI=1S/C13H9NO2/c15-8-5-6-10-9-3-1-2-4-11(9)13(16)14-12(10)7-8/h1-7,15H,(H,14,16). The van der Waals surface area contributed by atoms with Crippen LogP contribution in [0.3, 0.4) is 0 Å². The number of hydrogen-bond acceptors (Lipinski definition) is 2. The van der Waals surface area contributed by atoms with Gasteiger partial charge in [-0.1, -0.05) is 18.2 Å². The Bertz CT molecular complexity index is 744. The summed E-state index contributed by atoms with van der Waals surface area (Å²) in [5.41, 5.74) is 0.525. The second kappa shape index (κ2) is 3.10. The van der Waals surface area contributed by atoms with Gasteiger partial charge in [-0.05, 0) is 23.6 Å². The lowest BCUT2D eigenvalue weighted by Crippen LogP contribution is -2.05. The fraction of sp³-hybridized carbons (Fsp3) is 0. The molecule has 0 amide bonds. The predicted molar refractivity (Wildman–Crippen MR) is 63.7 cm³/mol. The van der Waals surface area contributed by atoms with E-state index in [4.69, 9.17) is 0 Å². The number of hydrogen-bond donors (Lipinski definition) is 2. The van der Waals surface area contributed by atoms with Gasteiger partial charge in [0, 0.05) is 16.8 Å². The van der Waals surface area contributed by atoms with Crippen LogP contribution in [0.25, 0.3) is 21.7 Å². The molecule has 16 heavy (non-hydrogen) atoms. The first-order valence-corrected chi connectivity index (χ1v) is 4.99. The van der Waals surface area contributed by atoms with Gasteiger partial charge < -0.3 is 10.1 Å². The maximum atomic E-state index is 11.8. The van der Waals surface area contributed by atoms with E-state index in [1.165, 1.54) is 0 Å². The molecule has 0 atom stereocenters. The van der Waals surface area contributed by atoms with E-state index in [2.05, 4.69) is 4.98 Å². The van der Waals surface area contributed by atoms with Crippen LogP contribution in [0.4, 0.5) is 0 Å². The molecule has 1 heterocycles. The summed E-state index contributed by atoms with van der Waals surface area (Å²) in [5, 5.41) is 11.9. The maximum Gasteiger partial charge on any atom is 0.256 e. The molecule has 0 aliphatic rings. The summed E-state index contributed by atoms with van der Waals surface area (Å²) in [7, 11) is 0. The average Bonchev–Trinajstić information content (AvgIpc) is 2.29. The highest BCUT2D eigenvalue weighted by Gasteiger charge is 2.04. The number of H-pyrrole nitrogens is 1. The van der Waals surface area contributed by atoms with Gasteiger partial charge in [-0.25, -0.2) is 0 Å². The summed E-state index contributed by atoms with van der Waals surface area (Å²) in [4.78, 5) is 14.5. The van der Waals surface area contributed by atoms with Gasteiger partial charge in [-0.2, -0.15) is 0 Å². The Morgan fingerprint density at radius 1 is 0.938 bits per heavy atom. The van der Waals surface area contributed by atoms with Gasteiger partial charge in [0.2, 0.25) is 0 Å². The number of benzene rings is 2. The third kappa shape index (κ3) is 1.18. The van der Waals surface area contributed by atoms with E-state index in [1.54, 1.807) is 18.2 Å². The summed E-state index contributed by atoms with van der Waals surface area (Å²) >= 11 is 0. The average molecular weight is 211 g/mol. The number of aromatic hydroxyl groups is 1. The number of fused-ring (bicyclic) bond motifs is 3. The lowest BCUT2D eigenvalue weighted by Gasteiger charge is -2.03. The number of phenolic OH excluding ortho intramolecular Hbond substituents is 1. The number of nitrogens with one attached hydrogen (secondary N) is 1. The lowest BCUT2D eigenvalue weighted by atomic mass is 10.1. The van der Waals surface area contributed by atoms with Crippen LogP contribution in [0.1, 0.15) is 0 Å². The molecule has 3 aromatic rings. The SMILES string of the molecule is O=c1[nH]c2cc(O)ccc2c2ccccc12. The van der Waals surface area contributed by atoms with Gasteiger partial charge in [-0.3, -0.25) is 4.79 Å². The van der Waals surface area contributed by atoms with Crippen LogP contribution >= 0.6 is 0 Å². The summed E-state index contributed by atoms with van der Waals surface area (Å²) in [6, 6.07) is 12.4. The first-order chi connectivity index (χ1) is 7.75. The maximum absolute atomic E-state index is 11.8. The molecule has 2 aromatic carbocycles. The largest absolute Gasteiger partial charge is 0.508 e. The third-order valence-corrected chi connectivity index (χ3v) is 2.71. The fourth-order valence-corrected chi connectivity index (χ4v) is 1.98. The van der Waals surface area contributed by atoms with Crippen LogP contribution in [0.2, 0.25) is 0 Å². The van der Waals surface area contributed by atoms with Crippen LogP contribution in [-0.4, -0.2) is 10.1 Å². The molecule has 0 saturated carbocycles. The number of pyridine rings is 1. The van der Waals surface area contributed by atoms with Crippen LogP contribution in [-0.2, 0) is 0 Å². The molecule has 0 bridgehead atoms. The van der Waals surface area contributed by atoms with Gasteiger partial charge >= 0.3 is 0 Å². The van der Waals surface area contributed by atoms with Crippen molar-refractivity contribution in [2.75, 3.05) is 0 Å². The minimum Gasteiger partial charge on any atom is -0.508 e. The third-order valence-electron chi connectivity index (χ3n) is 2.71. The predicted octanol–water partition coefficient (Wildman–Crippen LogP) is 2.39. The fourth-order valence-electron chi connectivity index (χ4n) is 1.98. The van der Waals surface area contributed by atoms with E-state index in [0.29, 0.717) is 10.9 Å². The molecule has 78 valence electrons. The van der Waals surface area contributed by atoms with Crippen molar-refractivity contribution in [3.05, 3.63) is 52.8 Å². The van der Waals surface area contributed by atoms with Gasteiger partial charge in [0.1, 0.15) is 5.75 Å². The zero-order valence-electron chi connectivity index (χ0n) is 8.40. The van der Waals surface area contributed by atoms with Crippen molar-refractivity contribution in [3.8, 4) is 5.75 Å². The number of aromatic nitrogens is 1. The Labute approximate surface area is 91.0 Å². The van der Waals surface area contributed by atoms with E-state index < -0.39 is 0 Å². The molecule has 0 spiro atoms. The number of aromatic amines is 1. The van der Waals surface area contributed by atoms with Crippen LogP contribution in [0.15, 0.2) is 47.3 Å². The van der Waals surface area contributed by atoms with Gasteiger partial charge in [0.15, 0.2) is 0 Å². The minimum absolute atomic E-state index is 0.131. The van der Waals surface area contributed by atoms with E-state index in [1.807, 2.05) is 24.3 Å². The number of rotatable bonds is 0. The Morgan fingerprint density at radius 2 is 1.69 bits per heavy atom. The van der Waals surface area contributed by atoms with E-state index >= 15 is 0 Å². The Morgan fingerprint density at radius 3 is 2.50 bits per heavy atom. The highest BCUT2D eigenvalue weighted by atomic mass is 16.3. The molecule has 3 nitrogen and oxygen atoms in total. The number of phenols is 1. The second-order valence-corrected chi connectivity index (χ2v) is 3.73. The first-order valence-electron chi connectivity index (χ1n) is 4.99. The molecule has 1 aromatic heterocycles. The summed E-state index contributed by atoms with van der Waals surface area (Å²) in [5.74, 6) is 0.151. The summed E-state index contributed by atoms with van der Waals surface area (Å²) in [6.45, 7) is 0. The molecule has 0 unspecified atom stereocenters.